The summed E-state index contributed by atoms with van der Waals surface area (Å²) in [6, 6.07) is 27.4. The van der Waals surface area contributed by atoms with Gasteiger partial charge in [0.25, 0.3) is 0 Å². The van der Waals surface area contributed by atoms with E-state index in [4.69, 9.17) is 29.9 Å². The molecule has 314 valence electrons. The number of carbonyl (C=O) groups is 2. The number of amides is 2. The summed E-state index contributed by atoms with van der Waals surface area (Å²) in [4.78, 5) is 31.8. The Labute approximate surface area is 357 Å². The lowest BCUT2D eigenvalue weighted by molar-refractivity contribution is -0.125. The van der Waals surface area contributed by atoms with Crippen molar-refractivity contribution >= 4 is 67.1 Å². The Balaban J connectivity index is 0.712. The maximum atomic E-state index is 13.4. The van der Waals surface area contributed by atoms with Crippen LogP contribution in [0.15, 0.2) is 117 Å². The molecule has 1 saturated heterocycles. The van der Waals surface area contributed by atoms with Crippen molar-refractivity contribution < 1.29 is 36.3 Å². The number of sulfone groups is 1. The molecule has 16 heteroatoms. The number of hydrogen-bond acceptors (Lipinski definition) is 11. The fourth-order valence-corrected chi connectivity index (χ4v) is 8.84. The summed E-state index contributed by atoms with van der Waals surface area (Å²) in [5, 5.41) is 11.7. The lowest BCUT2D eigenvalue weighted by atomic mass is 10.1. The number of nitrogens with zero attached hydrogens (tertiary/aromatic N) is 5. The summed E-state index contributed by atoms with van der Waals surface area (Å²) in [6.07, 6.45) is 5.89. The molecule has 0 radical (unpaired) electrons. The number of fused-ring (bicyclic) bond motifs is 2. The zero-order chi connectivity index (χ0) is 42.3. The van der Waals surface area contributed by atoms with Crippen LogP contribution in [0.4, 0.5) is 5.69 Å². The Morgan fingerprint density at radius 2 is 1.77 bits per heavy atom. The highest BCUT2D eigenvalue weighted by Crippen LogP contribution is 2.32. The van der Waals surface area contributed by atoms with Crippen LogP contribution in [-0.2, 0) is 48.5 Å². The topological polar surface area (TPSA) is 172 Å². The minimum Gasteiger partial charge on any atom is -0.457 e. The number of oxazole rings is 1. The molecule has 0 aliphatic carbocycles. The number of rotatable bonds is 17. The Kier molecular flexibility index (Phi) is 12.7. The van der Waals surface area contributed by atoms with Crippen LogP contribution in [-0.4, -0.2) is 83.3 Å². The number of benzene rings is 4. The summed E-state index contributed by atoms with van der Waals surface area (Å²) in [5.74, 6) is 0.530. The summed E-state index contributed by atoms with van der Waals surface area (Å²) >= 11 is 6.44. The van der Waals surface area contributed by atoms with Crippen LogP contribution in [0.1, 0.15) is 35.4 Å². The van der Waals surface area contributed by atoms with Crippen LogP contribution in [0.3, 0.4) is 0 Å². The number of halogens is 1. The number of nitrogens with one attached hydrogen (secondary N) is 1. The molecule has 1 N–H and O–H groups in total. The second-order valence-corrected chi connectivity index (χ2v) is 17.4. The number of aromatic nitrogens is 4. The van der Waals surface area contributed by atoms with Crippen molar-refractivity contribution in [2.24, 2.45) is 0 Å². The van der Waals surface area contributed by atoms with E-state index in [-0.39, 0.29) is 42.9 Å². The van der Waals surface area contributed by atoms with E-state index in [1.54, 1.807) is 58.3 Å². The second kappa shape index (κ2) is 18.6. The Morgan fingerprint density at radius 3 is 2.59 bits per heavy atom. The second-order valence-electron chi connectivity index (χ2n) is 14.8. The number of aryl methyl sites for hydroxylation is 1. The van der Waals surface area contributed by atoms with Crippen molar-refractivity contribution in [3.05, 3.63) is 131 Å². The van der Waals surface area contributed by atoms with Gasteiger partial charge in [0.1, 0.15) is 22.6 Å². The number of carbonyl (C=O) groups excluding carboxylic acids is 2. The summed E-state index contributed by atoms with van der Waals surface area (Å²) in [5.41, 5.74) is 5.84. The van der Waals surface area contributed by atoms with Gasteiger partial charge in [0.15, 0.2) is 15.4 Å². The van der Waals surface area contributed by atoms with E-state index < -0.39 is 15.1 Å². The van der Waals surface area contributed by atoms with Crippen molar-refractivity contribution in [1.82, 2.24) is 24.9 Å². The molecule has 1 fully saturated rings. The average molecular weight is 863 g/mol. The number of anilines is 1. The van der Waals surface area contributed by atoms with E-state index in [9.17, 15) is 18.0 Å². The highest BCUT2D eigenvalue weighted by atomic mass is 35.5. The van der Waals surface area contributed by atoms with E-state index in [1.165, 1.54) is 6.08 Å². The smallest absolute Gasteiger partial charge is 0.246 e. The molecule has 8 rings (SSSR count). The number of ether oxygens (including phenoxy) is 2. The lowest BCUT2D eigenvalue weighted by Gasteiger charge is -2.15. The third-order valence-electron chi connectivity index (χ3n) is 10.3. The molecule has 0 bridgehead atoms. The molecule has 7 aromatic rings. The predicted octanol–water partition coefficient (Wildman–Crippen LogP) is 7.69. The fourth-order valence-electron chi connectivity index (χ4n) is 6.95. The van der Waals surface area contributed by atoms with Gasteiger partial charge in [0, 0.05) is 36.2 Å². The van der Waals surface area contributed by atoms with E-state index in [0.29, 0.717) is 78.3 Å². The van der Waals surface area contributed by atoms with Crippen molar-refractivity contribution in [3.63, 3.8) is 0 Å². The summed E-state index contributed by atoms with van der Waals surface area (Å²) in [7, 11) is -3.63. The van der Waals surface area contributed by atoms with Gasteiger partial charge in [0.05, 0.1) is 66.4 Å². The Morgan fingerprint density at radius 1 is 0.951 bits per heavy atom. The van der Waals surface area contributed by atoms with Crippen LogP contribution in [0.25, 0.3) is 39.6 Å². The van der Waals surface area contributed by atoms with Gasteiger partial charge in [-0.3, -0.25) is 9.59 Å². The minimum absolute atomic E-state index is 0.125. The van der Waals surface area contributed by atoms with Gasteiger partial charge in [-0.25, -0.2) is 18.1 Å². The van der Waals surface area contributed by atoms with Gasteiger partial charge < -0.3 is 28.5 Å². The minimum atomic E-state index is -3.63. The molecule has 1 aliphatic heterocycles. The van der Waals surface area contributed by atoms with E-state index in [2.05, 4.69) is 20.6 Å². The third kappa shape index (κ3) is 10.3. The van der Waals surface area contributed by atoms with Crippen molar-refractivity contribution in [2.75, 3.05) is 38.2 Å². The van der Waals surface area contributed by atoms with Crippen LogP contribution in [0, 0.1) is 6.92 Å². The molecule has 4 heterocycles. The molecule has 4 aromatic carbocycles. The number of furan rings is 1. The number of likely N-dealkylation sites (tertiary alicyclic amines) is 1. The molecule has 3 aromatic heterocycles. The first-order chi connectivity index (χ1) is 29.6. The molecule has 1 aliphatic rings. The van der Waals surface area contributed by atoms with Gasteiger partial charge in [-0.15, -0.1) is 5.10 Å². The van der Waals surface area contributed by atoms with Crippen LogP contribution >= 0.6 is 11.6 Å². The predicted molar refractivity (Wildman–Crippen MR) is 231 cm³/mol. The van der Waals surface area contributed by atoms with Crippen molar-refractivity contribution in [2.45, 2.75) is 49.5 Å². The van der Waals surface area contributed by atoms with Gasteiger partial charge in [-0.1, -0.05) is 64.8 Å². The van der Waals surface area contributed by atoms with Gasteiger partial charge >= 0.3 is 0 Å². The zero-order valence-electron chi connectivity index (χ0n) is 33.3. The van der Waals surface area contributed by atoms with Crippen molar-refractivity contribution in [1.29, 1.82) is 0 Å². The Bertz CT molecular complexity index is 2760. The summed E-state index contributed by atoms with van der Waals surface area (Å²) in [6.45, 7) is 4.14. The van der Waals surface area contributed by atoms with E-state index in [1.807, 2.05) is 61.5 Å². The van der Waals surface area contributed by atoms with E-state index >= 15 is 0 Å². The van der Waals surface area contributed by atoms with Crippen LogP contribution in [0.5, 0.6) is 0 Å². The lowest BCUT2D eigenvalue weighted by Crippen LogP contribution is -2.30. The molecule has 1 atom stereocenters. The van der Waals surface area contributed by atoms with E-state index in [0.717, 1.165) is 27.7 Å². The monoisotopic (exact) mass is 862 g/mol. The molecule has 14 nitrogen and oxygen atoms in total. The molecule has 1 unspecified atom stereocenters. The SMILES string of the molecule is Cc1ccc(-c2nc3cc(Cl)c(NC(=O)CCOCCn4cc(COCCc5ccc(S(=O)(=O)C6CCN(C(=O)/C=C/c7cc8ccccc8o7)C6)cc5)nn4)cc3o2)cc1. The Hall–Kier alpha value is -6.13. The standard InChI is InChI=1S/C45H43ClN6O8S/c1-30-6-10-32(11-7-30)45-48-40-25-38(46)39(26-42(40)60-45)47-43(53)18-22-57-23-20-52-27-34(49-50-52)29-58-21-17-31-8-13-36(14-9-31)61(55,56)37-16-19-51(28-37)44(54)15-12-35-24-33-4-2-3-5-41(33)59-35/h2-15,24-27,37H,16-23,28-29H2,1H3,(H,47,53)/b15-12+. The first kappa shape index (κ1) is 41.6. The average Bonchev–Trinajstić information content (AvgIpc) is 4.09. The molecule has 2 amide bonds. The molecule has 0 spiro atoms. The van der Waals surface area contributed by atoms with Gasteiger partial charge in [-0.05, 0) is 73.9 Å². The summed E-state index contributed by atoms with van der Waals surface area (Å²) < 4.78 is 51.7. The fraction of sp³-hybridized carbons (Fsp3) is 0.267. The van der Waals surface area contributed by atoms with Gasteiger partial charge in [-0.2, -0.15) is 0 Å². The maximum absolute atomic E-state index is 13.4. The maximum Gasteiger partial charge on any atom is 0.246 e. The molecule has 61 heavy (non-hydrogen) atoms. The third-order valence-corrected chi connectivity index (χ3v) is 12.8. The number of para-hydroxylation sites is 1. The molecular weight excluding hydrogens is 820 g/mol. The van der Waals surface area contributed by atoms with Crippen LogP contribution < -0.4 is 5.32 Å². The van der Waals surface area contributed by atoms with Gasteiger partial charge in [0.2, 0.25) is 17.7 Å². The molecule has 0 saturated carbocycles. The highest BCUT2D eigenvalue weighted by Gasteiger charge is 2.35. The zero-order valence-corrected chi connectivity index (χ0v) is 34.9. The van der Waals surface area contributed by atoms with Crippen molar-refractivity contribution in [3.8, 4) is 11.5 Å². The highest BCUT2D eigenvalue weighted by molar-refractivity contribution is 7.92. The first-order valence-electron chi connectivity index (χ1n) is 19.9. The largest absolute Gasteiger partial charge is 0.457 e. The number of hydrogen-bond donors (Lipinski definition) is 1. The first-order valence-corrected chi connectivity index (χ1v) is 21.8. The quantitative estimate of drug-likeness (QED) is 0.0703. The normalized spacial score (nSPS) is 14.5. The van der Waals surface area contributed by atoms with Crippen LogP contribution in [0.2, 0.25) is 5.02 Å². The molecular formula is C45H43ClN6O8S.